The number of aryl methyl sites for hydroxylation is 2. The smallest absolute Gasteiger partial charge is 0.119 e. The van der Waals surface area contributed by atoms with E-state index in [2.05, 4.69) is 46.5 Å². The number of nitrogens with zero attached hydrogens (tertiary/aromatic N) is 1. The van der Waals surface area contributed by atoms with Crippen LogP contribution in [0.5, 0.6) is 5.75 Å². The summed E-state index contributed by atoms with van der Waals surface area (Å²) in [6.07, 6.45) is 7.44. The quantitative estimate of drug-likeness (QED) is 0.611. The third-order valence-corrected chi connectivity index (χ3v) is 5.51. The fraction of sp³-hybridized carbons (Fsp3) is 0.579. The Balaban J connectivity index is 2.20. The number of halogens is 1. The molecule has 1 aromatic heterocycles. The van der Waals surface area contributed by atoms with Crippen molar-refractivity contribution in [3.05, 3.63) is 29.0 Å². The van der Waals surface area contributed by atoms with E-state index >= 15 is 0 Å². The molecule has 0 spiro atoms. The molecule has 1 aliphatic rings. The molecule has 1 aliphatic heterocycles. The third kappa shape index (κ3) is 2.58. The zero-order chi connectivity index (χ0) is 15.7. The van der Waals surface area contributed by atoms with E-state index in [0.29, 0.717) is 6.04 Å². The molecule has 22 heavy (non-hydrogen) atoms. The molecule has 0 bridgehead atoms. The Kier molecular flexibility index (Phi) is 4.82. The maximum absolute atomic E-state index is 5.54. The number of rotatable bonds is 6. The maximum Gasteiger partial charge on any atom is 0.119 e. The van der Waals surface area contributed by atoms with Gasteiger partial charge < -0.3 is 9.30 Å². The van der Waals surface area contributed by atoms with E-state index in [9.17, 15) is 0 Å². The summed E-state index contributed by atoms with van der Waals surface area (Å²) in [6, 6.07) is 5.15. The van der Waals surface area contributed by atoms with Gasteiger partial charge in [0.2, 0.25) is 0 Å². The van der Waals surface area contributed by atoms with Crippen molar-refractivity contribution in [2.75, 3.05) is 12.4 Å². The maximum atomic E-state index is 5.54. The molecule has 2 aromatic rings. The molecule has 0 saturated heterocycles. The van der Waals surface area contributed by atoms with Gasteiger partial charge in [-0.2, -0.15) is 0 Å². The van der Waals surface area contributed by atoms with E-state index in [-0.39, 0.29) is 0 Å². The molecule has 0 saturated carbocycles. The third-order valence-electron chi connectivity index (χ3n) is 5.11. The van der Waals surface area contributed by atoms with E-state index in [1.807, 2.05) is 0 Å². The van der Waals surface area contributed by atoms with Crippen molar-refractivity contribution < 1.29 is 4.74 Å². The Morgan fingerprint density at radius 1 is 1.36 bits per heavy atom. The highest BCUT2D eigenvalue weighted by Gasteiger charge is 2.26. The zero-order valence-corrected chi connectivity index (χ0v) is 15.5. The van der Waals surface area contributed by atoms with Crippen LogP contribution in [0.3, 0.4) is 0 Å². The van der Waals surface area contributed by atoms with Crippen LogP contribution in [0.2, 0.25) is 0 Å². The van der Waals surface area contributed by atoms with E-state index < -0.39 is 0 Å². The van der Waals surface area contributed by atoms with Crippen molar-refractivity contribution in [1.29, 1.82) is 0 Å². The van der Waals surface area contributed by atoms with Crippen LogP contribution in [-0.4, -0.2) is 17.0 Å². The van der Waals surface area contributed by atoms with Crippen molar-refractivity contribution in [3.8, 4) is 5.75 Å². The fourth-order valence-corrected chi connectivity index (χ4v) is 4.42. The van der Waals surface area contributed by atoms with Crippen molar-refractivity contribution in [2.45, 2.75) is 58.4 Å². The van der Waals surface area contributed by atoms with Crippen molar-refractivity contribution in [3.63, 3.8) is 0 Å². The van der Waals surface area contributed by atoms with Gasteiger partial charge in [-0.15, -0.1) is 0 Å². The van der Waals surface area contributed by atoms with Crippen LogP contribution in [-0.2, 0) is 12.8 Å². The minimum Gasteiger partial charge on any atom is -0.497 e. The van der Waals surface area contributed by atoms with Crippen LogP contribution < -0.4 is 4.74 Å². The average molecular weight is 364 g/mol. The number of aromatic nitrogens is 1. The number of hydrogen-bond donors (Lipinski definition) is 0. The molecule has 2 heterocycles. The van der Waals surface area contributed by atoms with Gasteiger partial charge in [-0.3, -0.25) is 0 Å². The molecule has 3 rings (SSSR count). The van der Waals surface area contributed by atoms with Crippen LogP contribution in [0.4, 0.5) is 0 Å². The van der Waals surface area contributed by atoms with Crippen LogP contribution in [0.15, 0.2) is 12.1 Å². The van der Waals surface area contributed by atoms with Gasteiger partial charge in [-0.05, 0) is 55.9 Å². The molecule has 0 fully saturated rings. The minimum absolute atomic E-state index is 0.674. The largest absolute Gasteiger partial charge is 0.497 e. The zero-order valence-electron chi connectivity index (χ0n) is 13.9. The van der Waals surface area contributed by atoms with Gasteiger partial charge in [0.1, 0.15) is 5.75 Å². The molecule has 0 radical (unpaired) electrons. The van der Waals surface area contributed by atoms with E-state index in [0.717, 1.165) is 17.5 Å². The highest BCUT2D eigenvalue weighted by Crippen LogP contribution is 2.41. The predicted molar refractivity (Wildman–Crippen MR) is 97.6 cm³/mol. The van der Waals surface area contributed by atoms with Crippen LogP contribution in [0.25, 0.3) is 10.9 Å². The van der Waals surface area contributed by atoms with Crippen LogP contribution in [0, 0.1) is 6.92 Å². The number of hydrogen-bond acceptors (Lipinski definition) is 1. The normalized spacial score (nSPS) is 17.2. The molecule has 1 atom stereocenters. The molecular formula is C19H26BrNO. The Hall–Kier alpha value is -0.960. The topological polar surface area (TPSA) is 14.2 Å². The van der Waals surface area contributed by atoms with Gasteiger partial charge >= 0.3 is 0 Å². The Morgan fingerprint density at radius 3 is 2.86 bits per heavy atom. The van der Waals surface area contributed by atoms with Gasteiger partial charge in [0, 0.05) is 22.5 Å². The molecule has 0 aliphatic carbocycles. The lowest BCUT2D eigenvalue weighted by molar-refractivity contribution is 0.405. The summed E-state index contributed by atoms with van der Waals surface area (Å²) in [5, 5.41) is 2.42. The van der Waals surface area contributed by atoms with E-state index in [1.54, 1.807) is 7.11 Å². The second-order valence-electron chi connectivity index (χ2n) is 6.39. The predicted octanol–water partition coefficient (Wildman–Crippen LogP) is 5.57. The van der Waals surface area contributed by atoms with Crippen molar-refractivity contribution in [2.24, 2.45) is 0 Å². The summed E-state index contributed by atoms with van der Waals surface area (Å²) < 4.78 is 8.18. The van der Waals surface area contributed by atoms with Crippen molar-refractivity contribution in [1.82, 2.24) is 4.57 Å². The molecule has 120 valence electrons. The fourth-order valence-electron chi connectivity index (χ4n) is 4.03. The molecule has 0 amide bonds. The first-order valence-electron chi connectivity index (χ1n) is 8.47. The minimum atomic E-state index is 0.674. The van der Waals surface area contributed by atoms with Gasteiger partial charge in [-0.1, -0.05) is 35.7 Å². The average Bonchev–Trinajstić information content (AvgIpc) is 2.82. The Labute approximate surface area is 142 Å². The molecule has 3 heteroatoms. The lowest BCUT2D eigenvalue weighted by Gasteiger charge is -2.27. The number of benzene rings is 1. The number of methoxy groups -OCH3 is 1. The summed E-state index contributed by atoms with van der Waals surface area (Å²) in [5.74, 6) is 1.00. The number of unbranched alkanes of at least 4 members (excludes halogenated alkanes) is 1. The highest BCUT2D eigenvalue weighted by molar-refractivity contribution is 9.09. The summed E-state index contributed by atoms with van der Waals surface area (Å²) in [5.41, 5.74) is 5.90. The second kappa shape index (κ2) is 6.66. The summed E-state index contributed by atoms with van der Waals surface area (Å²) in [6.45, 7) is 4.59. The van der Waals surface area contributed by atoms with Gasteiger partial charge in [0.05, 0.1) is 12.6 Å². The monoisotopic (exact) mass is 363 g/mol. The Bertz CT molecular complexity index is 674. The Morgan fingerprint density at radius 2 is 2.18 bits per heavy atom. The molecule has 1 unspecified atom stereocenters. The van der Waals surface area contributed by atoms with Gasteiger partial charge in [0.25, 0.3) is 0 Å². The van der Waals surface area contributed by atoms with Crippen LogP contribution in [0.1, 0.15) is 55.5 Å². The van der Waals surface area contributed by atoms with Crippen molar-refractivity contribution >= 4 is 26.8 Å². The SMILES string of the molecule is CCCCC1CCc2cc(OC)cc3c(CCBr)c(C)n1c23. The molecular weight excluding hydrogens is 338 g/mol. The lowest BCUT2D eigenvalue weighted by atomic mass is 9.95. The molecule has 2 nitrogen and oxygen atoms in total. The van der Waals surface area contributed by atoms with Crippen LogP contribution >= 0.6 is 15.9 Å². The molecule has 1 aromatic carbocycles. The first kappa shape index (κ1) is 15.9. The summed E-state index contributed by atoms with van der Waals surface area (Å²) in [7, 11) is 1.77. The van der Waals surface area contributed by atoms with Gasteiger partial charge in [0.15, 0.2) is 0 Å². The summed E-state index contributed by atoms with van der Waals surface area (Å²) >= 11 is 3.62. The van der Waals surface area contributed by atoms with Gasteiger partial charge in [-0.25, -0.2) is 0 Å². The highest BCUT2D eigenvalue weighted by atomic mass is 79.9. The first-order valence-corrected chi connectivity index (χ1v) is 9.59. The summed E-state index contributed by atoms with van der Waals surface area (Å²) in [4.78, 5) is 0. The number of alkyl halides is 1. The standard InChI is InChI=1S/C19H26BrNO/c1-4-5-6-15-8-7-14-11-16(22-3)12-18-17(9-10-20)13(2)21(15)19(14)18/h11-12,15H,4-10H2,1-3H3. The molecule has 0 N–H and O–H groups in total. The van der Waals surface area contributed by atoms with E-state index in [4.69, 9.17) is 4.74 Å². The lowest BCUT2D eigenvalue weighted by Crippen LogP contribution is -2.17. The van der Waals surface area contributed by atoms with E-state index in [1.165, 1.54) is 59.8 Å². The second-order valence-corrected chi connectivity index (χ2v) is 7.18. The number of ether oxygens (including phenoxy) is 1. The first-order chi connectivity index (χ1) is 10.7.